The Labute approximate surface area is 150 Å². The van der Waals surface area contributed by atoms with Gasteiger partial charge in [-0.3, -0.25) is 0 Å². The summed E-state index contributed by atoms with van der Waals surface area (Å²) in [6.45, 7) is 8.79. The minimum Gasteiger partial charge on any atom is -0.444 e. The molecule has 0 radical (unpaired) electrons. The highest BCUT2D eigenvalue weighted by atomic mass is 16.6. The first-order chi connectivity index (χ1) is 11.8. The summed E-state index contributed by atoms with van der Waals surface area (Å²) < 4.78 is 11.4. The summed E-state index contributed by atoms with van der Waals surface area (Å²) in [5.41, 5.74) is -0.467. The van der Waals surface area contributed by atoms with Gasteiger partial charge in [0.2, 0.25) is 0 Å². The Bertz CT molecular complexity index is 556. The highest BCUT2D eigenvalue weighted by Crippen LogP contribution is 2.46. The van der Waals surface area contributed by atoms with E-state index in [4.69, 9.17) is 9.47 Å². The second-order valence-corrected chi connectivity index (χ2v) is 9.39. The van der Waals surface area contributed by atoms with Crippen molar-refractivity contribution in [3.63, 3.8) is 0 Å². The molecule has 0 aromatic heterocycles. The van der Waals surface area contributed by atoms with E-state index >= 15 is 0 Å². The molecule has 2 bridgehead atoms. The minimum atomic E-state index is -0.467. The van der Waals surface area contributed by atoms with Crippen LogP contribution in [0.3, 0.4) is 0 Å². The van der Waals surface area contributed by atoms with Crippen molar-refractivity contribution >= 4 is 6.09 Å². The lowest BCUT2D eigenvalue weighted by molar-refractivity contribution is -0.0397. The summed E-state index contributed by atoms with van der Waals surface area (Å²) in [4.78, 5) is 12.2. The molecule has 3 aliphatic carbocycles. The first kappa shape index (κ1) is 17.3. The summed E-state index contributed by atoms with van der Waals surface area (Å²) in [5.74, 6) is 2.63. The Morgan fingerprint density at radius 3 is 2.68 bits per heavy atom. The molecule has 25 heavy (non-hydrogen) atoms. The molecule has 8 unspecified atom stereocenters. The number of carbonyl (C=O) groups excluding carboxylic acids is 1. The van der Waals surface area contributed by atoms with Crippen molar-refractivity contribution in [1.82, 2.24) is 10.6 Å². The Hall–Kier alpha value is -1.07. The summed E-state index contributed by atoms with van der Waals surface area (Å²) in [6, 6.07) is 0.745. The molecule has 8 atom stereocenters. The van der Waals surface area contributed by atoms with Crippen molar-refractivity contribution in [2.24, 2.45) is 23.7 Å². The number of fused-ring (bicyclic) bond motifs is 3. The van der Waals surface area contributed by atoms with E-state index in [1.165, 1.54) is 12.8 Å². The summed E-state index contributed by atoms with van der Waals surface area (Å²) in [5, 5.41) is 6.91. The van der Waals surface area contributed by atoms with Crippen molar-refractivity contribution in [2.45, 2.75) is 76.8 Å². The van der Waals surface area contributed by atoms with Gasteiger partial charge in [-0.15, -0.1) is 0 Å². The molecule has 1 amide bonds. The molecule has 3 fully saturated rings. The second kappa shape index (κ2) is 6.27. The van der Waals surface area contributed by atoms with Crippen LogP contribution >= 0.6 is 0 Å². The van der Waals surface area contributed by atoms with Crippen molar-refractivity contribution in [2.75, 3.05) is 6.61 Å². The van der Waals surface area contributed by atoms with E-state index in [0.717, 1.165) is 24.9 Å². The number of ether oxygens (including phenoxy) is 2. The third-order valence-electron chi connectivity index (χ3n) is 6.50. The SMILES string of the molecule is CC(NC1C(NC(=O)OC(C)(C)C)C2CCOC21)C1CC2C=CC1C2. The predicted molar refractivity (Wildman–Crippen MR) is 96.2 cm³/mol. The first-order valence-electron chi connectivity index (χ1n) is 9.87. The smallest absolute Gasteiger partial charge is 0.407 e. The molecule has 0 aromatic carbocycles. The lowest BCUT2D eigenvalue weighted by Crippen LogP contribution is -2.71. The van der Waals surface area contributed by atoms with Gasteiger partial charge in [0.15, 0.2) is 0 Å². The molecule has 4 rings (SSSR count). The number of alkyl carbamates (subject to hydrolysis) is 1. The Balaban J connectivity index is 1.37. The number of hydrogen-bond donors (Lipinski definition) is 2. The minimum absolute atomic E-state index is 0.110. The lowest BCUT2D eigenvalue weighted by atomic mass is 9.70. The quantitative estimate of drug-likeness (QED) is 0.767. The fourth-order valence-corrected chi connectivity index (χ4v) is 5.37. The summed E-state index contributed by atoms with van der Waals surface area (Å²) in [7, 11) is 0. The van der Waals surface area contributed by atoms with Gasteiger partial charge in [0.25, 0.3) is 0 Å². The van der Waals surface area contributed by atoms with Gasteiger partial charge >= 0.3 is 6.09 Å². The molecule has 1 saturated heterocycles. The molecule has 2 N–H and O–H groups in total. The van der Waals surface area contributed by atoms with Crippen LogP contribution < -0.4 is 10.6 Å². The first-order valence-corrected chi connectivity index (χ1v) is 9.87. The zero-order valence-corrected chi connectivity index (χ0v) is 15.8. The van der Waals surface area contributed by atoms with E-state index in [1.807, 2.05) is 20.8 Å². The zero-order valence-electron chi connectivity index (χ0n) is 15.8. The van der Waals surface area contributed by atoms with Crippen LogP contribution in [0.15, 0.2) is 12.2 Å². The van der Waals surface area contributed by atoms with E-state index in [-0.39, 0.29) is 24.3 Å². The highest BCUT2D eigenvalue weighted by Gasteiger charge is 2.55. The third-order valence-corrected chi connectivity index (χ3v) is 6.50. The second-order valence-electron chi connectivity index (χ2n) is 9.39. The maximum Gasteiger partial charge on any atom is 0.407 e. The van der Waals surface area contributed by atoms with Gasteiger partial charge in [-0.25, -0.2) is 4.79 Å². The molecule has 1 aliphatic heterocycles. The van der Waals surface area contributed by atoms with Crippen molar-refractivity contribution in [3.05, 3.63) is 12.2 Å². The van der Waals surface area contributed by atoms with E-state index in [1.54, 1.807) is 0 Å². The largest absolute Gasteiger partial charge is 0.444 e. The van der Waals surface area contributed by atoms with Crippen LogP contribution in [-0.2, 0) is 9.47 Å². The Kier molecular flexibility index (Phi) is 4.35. The van der Waals surface area contributed by atoms with Gasteiger partial charge in [-0.05, 0) is 64.7 Å². The van der Waals surface area contributed by atoms with E-state index in [0.29, 0.717) is 17.9 Å². The standard InChI is InChI=1S/C20H32N2O3/c1-11(15-10-12-5-6-13(15)9-12)21-17-16(14-7-8-24-18(14)17)22-19(23)25-20(2,3)4/h5-6,11-18,21H,7-10H2,1-4H3,(H,22,23). The van der Waals surface area contributed by atoms with Gasteiger partial charge < -0.3 is 20.1 Å². The molecule has 140 valence electrons. The van der Waals surface area contributed by atoms with Gasteiger partial charge in [0.1, 0.15) is 5.60 Å². The van der Waals surface area contributed by atoms with Gasteiger partial charge in [0.05, 0.1) is 18.2 Å². The van der Waals surface area contributed by atoms with Crippen LogP contribution in [0.1, 0.15) is 47.0 Å². The predicted octanol–water partition coefficient (Wildman–Crippen LogP) is 2.86. The number of rotatable bonds is 4. The van der Waals surface area contributed by atoms with Crippen molar-refractivity contribution in [1.29, 1.82) is 0 Å². The molecule has 5 heteroatoms. The van der Waals surface area contributed by atoms with E-state index in [2.05, 4.69) is 29.7 Å². The maximum atomic E-state index is 12.2. The van der Waals surface area contributed by atoms with Crippen LogP contribution in [0.4, 0.5) is 4.79 Å². The third kappa shape index (κ3) is 3.33. The number of carbonyl (C=O) groups is 1. The van der Waals surface area contributed by atoms with Crippen LogP contribution in [0.25, 0.3) is 0 Å². The molecule has 1 heterocycles. The topological polar surface area (TPSA) is 59.6 Å². The molecule has 0 spiro atoms. The van der Waals surface area contributed by atoms with Gasteiger partial charge in [-0.1, -0.05) is 12.2 Å². The number of amides is 1. The van der Waals surface area contributed by atoms with Crippen molar-refractivity contribution < 1.29 is 14.3 Å². The molecule has 5 nitrogen and oxygen atoms in total. The van der Waals surface area contributed by atoms with Gasteiger partial charge in [-0.2, -0.15) is 0 Å². The number of hydrogen-bond acceptors (Lipinski definition) is 4. The monoisotopic (exact) mass is 348 g/mol. The van der Waals surface area contributed by atoms with Crippen LogP contribution in [-0.4, -0.2) is 42.5 Å². The summed E-state index contributed by atoms with van der Waals surface area (Å²) in [6.07, 6.45) is 8.35. The summed E-state index contributed by atoms with van der Waals surface area (Å²) >= 11 is 0. The normalized spacial score (nSPS) is 42.8. The fraction of sp³-hybridized carbons (Fsp3) is 0.850. The van der Waals surface area contributed by atoms with E-state index < -0.39 is 5.60 Å². The van der Waals surface area contributed by atoms with Gasteiger partial charge in [0, 0.05) is 18.6 Å². The lowest BCUT2D eigenvalue weighted by Gasteiger charge is -2.49. The Morgan fingerprint density at radius 1 is 1.24 bits per heavy atom. The van der Waals surface area contributed by atoms with Crippen LogP contribution in [0.5, 0.6) is 0 Å². The zero-order chi connectivity index (χ0) is 17.8. The van der Waals surface area contributed by atoms with Crippen LogP contribution in [0.2, 0.25) is 0 Å². The Morgan fingerprint density at radius 2 is 2.04 bits per heavy atom. The van der Waals surface area contributed by atoms with E-state index in [9.17, 15) is 4.79 Å². The average molecular weight is 348 g/mol. The van der Waals surface area contributed by atoms with Crippen molar-refractivity contribution in [3.8, 4) is 0 Å². The molecular formula is C20H32N2O3. The number of nitrogens with one attached hydrogen (secondary N) is 2. The molecule has 0 aromatic rings. The molecule has 2 saturated carbocycles. The average Bonchev–Trinajstić information content (AvgIpc) is 3.23. The highest BCUT2D eigenvalue weighted by molar-refractivity contribution is 5.68. The maximum absolute atomic E-state index is 12.2. The fourth-order valence-electron chi connectivity index (χ4n) is 5.37. The number of allylic oxidation sites excluding steroid dienone is 2. The molecule has 4 aliphatic rings. The molecular weight excluding hydrogens is 316 g/mol. The van der Waals surface area contributed by atoms with Crippen LogP contribution in [0, 0.1) is 23.7 Å².